The average molecular weight is 229 g/mol. The van der Waals surface area contributed by atoms with E-state index in [4.69, 9.17) is 10.2 Å². The first-order chi connectivity index (χ1) is 7.02. The van der Waals surface area contributed by atoms with Gasteiger partial charge in [-0.05, 0) is 17.9 Å². The number of carbonyl (C=O) groups is 2. The third-order valence-corrected chi connectivity index (χ3v) is 2.70. The Morgan fingerprint density at radius 1 is 1.53 bits per heavy atom. The van der Waals surface area contributed by atoms with Gasteiger partial charge in [0.05, 0.1) is 12.1 Å². The van der Waals surface area contributed by atoms with Crippen molar-refractivity contribution < 1.29 is 19.8 Å². The lowest BCUT2D eigenvalue weighted by molar-refractivity contribution is -0.146. The topological polar surface area (TPSA) is 86.6 Å². The molecule has 5 nitrogen and oxygen atoms in total. The summed E-state index contributed by atoms with van der Waals surface area (Å²) >= 11 is 1.40. The Morgan fingerprint density at radius 3 is 2.67 bits per heavy atom. The lowest BCUT2D eigenvalue weighted by atomic mass is 10.2. The minimum atomic E-state index is -1.56. The van der Waals surface area contributed by atoms with Crippen LogP contribution in [0.4, 0.5) is 0 Å². The molecule has 1 atom stereocenters. The fourth-order valence-electron chi connectivity index (χ4n) is 0.965. The van der Waals surface area contributed by atoms with Gasteiger partial charge in [-0.15, -0.1) is 0 Å². The first-order valence-electron chi connectivity index (χ1n) is 4.24. The van der Waals surface area contributed by atoms with Crippen molar-refractivity contribution in [1.29, 1.82) is 0 Å². The van der Waals surface area contributed by atoms with Crippen molar-refractivity contribution in [3.05, 3.63) is 21.9 Å². The molecule has 0 saturated heterocycles. The second kappa shape index (κ2) is 4.90. The molecule has 0 aliphatic rings. The van der Waals surface area contributed by atoms with Gasteiger partial charge >= 0.3 is 5.97 Å². The number of aliphatic hydroxyl groups is 1. The molecule has 15 heavy (non-hydrogen) atoms. The molecule has 1 amide bonds. The summed E-state index contributed by atoms with van der Waals surface area (Å²) in [5.41, 5.74) is 1.35. The third-order valence-electron chi connectivity index (χ3n) is 1.84. The Kier molecular flexibility index (Phi) is 3.81. The maximum atomic E-state index is 11.4. The van der Waals surface area contributed by atoms with Crippen LogP contribution in [0, 0.1) is 6.92 Å². The number of rotatable bonds is 4. The van der Waals surface area contributed by atoms with Crippen molar-refractivity contribution in [1.82, 2.24) is 5.32 Å². The van der Waals surface area contributed by atoms with E-state index in [-0.39, 0.29) is 12.5 Å². The molecule has 0 aromatic carbocycles. The van der Waals surface area contributed by atoms with E-state index in [1.54, 1.807) is 12.3 Å². The molecule has 1 heterocycles. The Hall–Kier alpha value is -1.40. The van der Waals surface area contributed by atoms with Crippen molar-refractivity contribution >= 4 is 23.2 Å². The number of carbonyl (C=O) groups excluding carboxylic acids is 1. The summed E-state index contributed by atoms with van der Waals surface area (Å²) < 4.78 is 0. The maximum absolute atomic E-state index is 11.4. The van der Waals surface area contributed by atoms with Crippen LogP contribution in [0.25, 0.3) is 0 Å². The molecule has 1 aromatic rings. The molecule has 0 radical (unpaired) electrons. The highest BCUT2D eigenvalue weighted by atomic mass is 32.1. The molecule has 0 spiro atoms. The van der Waals surface area contributed by atoms with Crippen molar-refractivity contribution in [2.24, 2.45) is 0 Å². The average Bonchev–Trinajstić information content (AvgIpc) is 2.60. The molecule has 1 aromatic heterocycles. The zero-order valence-corrected chi connectivity index (χ0v) is 8.87. The Balaban J connectivity index is 2.51. The van der Waals surface area contributed by atoms with Gasteiger partial charge in [0.15, 0.2) is 6.10 Å². The van der Waals surface area contributed by atoms with Gasteiger partial charge < -0.3 is 15.5 Å². The minimum Gasteiger partial charge on any atom is -0.479 e. The van der Waals surface area contributed by atoms with E-state index >= 15 is 0 Å². The molecule has 0 aliphatic carbocycles. The number of amides is 1. The van der Waals surface area contributed by atoms with Crippen LogP contribution in [0.15, 0.2) is 10.8 Å². The number of carboxylic acids is 1. The lowest BCUT2D eigenvalue weighted by Gasteiger charge is -2.07. The van der Waals surface area contributed by atoms with Crippen molar-refractivity contribution in [2.45, 2.75) is 13.0 Å². The van der Waals surface area contributed by atoms with E-state index in [0.29, 0.717) is 5.56 Å². The molecule has 0 bridgehead atoms. The zero-order valence-electron chi connectivity index (χ0n) is 8.06. The molecule has 0 aliphatic heterocycles. The van der Waals surface area contributed by atoms with Crippen molar-refractivity contribution in [3.8, 4) is 0 Å². The molecule has 6 heteroatoms. The zero-order chi connectivity index (χ0) is 11.4. The maximum Gasteiger partial charge on any atom is 0.334 e. The molecule has 0 saturated carbocycles. The summed E-state index contributed by atoms with van der Waals surface area (Å²) in [5, 5.41) is 23.2. The van der Waals surface area contributed by atoms with Crippen LogP contribution in [0.2, 0.25) is 0 Å². The summed E-state index contributed by atoms with van der Waals surface area (Å²) in [6.45, 7) is 1.50. The Labute approximate surface area is 90.4 Å². The summed E-state index contributed by atoms with van der Waals surface area (Å²) in [6.07, 6.45) is -1.56. The molecule has 3 N–H and O–H groups in total. The first-order valence-corrected chi connectivity index (χ1v) is 5.18. The van der Waals surface area contributed by atoms with Crippen LogP contribution in [0.1, 0.15) is 15.9 Å². The number of hydrogen-bond donors (Lipinski definition) is 3. The molecule has 0 unspecified atom stereocenters. The summed E-state index contributed by atoms with van der Waals surface area (Å²) in [7, 11) is 0. The summed E-state index contributed by atoms with van der Waals surface area (Å²) in [6, 6.07) is 0. The highest BCUT2D eigenvalue weighted by Crippen LogP contribution is 2.12. The Morgan fingerprint density at radius 2 is 2.20 bits per heavy atom. The number of nitrogens with one attached hydrogen (secondary N) is 1. The van der Waals surface area contributed by atoms with Gasteiger partial charge in [0, 0.05) is 5.38 Å². The number of thiophene rings is 1. The van der Waals surface area contributed by atoms with Gasteiger partial charge in [-0.2, -0.15) is 11.3 Å². The second-order valence-corrected chi connectivity index (χ2v) is 3.78. The van der Waals surface area contributed by atoms with Gasteiger partial charge in [0.25, 0.3) is 5.91 Å². The van der Waals surface area contributed by atoms with Gasteiger partial charge in [0.1, 0.15) is 0 Å². The fourth-order valence-corrected chi connectivity index (χ4v) is 1.79. The largest absolute Gasteiger partial charge is 0.479 e. The number of aryl methyl sites for hydroxylation is 1. The van der Waals surface area contributed by atoms with Gasteiger partial charge in [-0.1, -0.05) is 0 Å². The predicted molar refractivity (Wildman–Crippen MR) is 55.0 cm³/mol. The van der Waals surface area contributed by atoms with Crippen LogP contribution in [0.5, 0.6) is 0 Å². The standard InChI is InChI=1S/C9H11NO4S/c1-5-3-15-4-6(5)8(12)10-2-7(11)9(13)14/h3-4,7,11H,2H2,1H3,(H,10,12)(H,13,14)/t7-/m0/s1. The minimum absolute atomic E-state index is 0.288. The SMILES string of the molecule is Cc1cscc1C(=O)NC[C@H](O)C(=O)O. The van der Waals surface area contributed by atoms with Crippen LogP contribution >= 0.6 is 11.3 Å². The van der Waals surface area contributed by atoms with Crippen molar-refractivity contribution in [3.63, 3.8) is 0 Å². The first kappa shape index (κ1) is 11.7. The predicted octanol–water partition coefficient (Wildman–Crippen LogP) is 0.232. The number of carboxylic acid groups (broad SMARTS) is 1. The van der Waals surface area contributed by atoms with E-state index in [1.165, 1.54) is 11.3 Å². The quantitative estimate of drug-likeness (QED) is 0.690. The van der Waals surface area contributed by atoms with E-state index in [1.807, 2.05) is 5.38 Å². The normalized spacial score (nSPS) is 12.1. The summed E-state index contributed by atoms with van der Waals surface area (Å²) in [4.78, 5) is 21.7. The van der Waals surface area contributed by atoms with Crippen LogP contribution in [0.3, 0.4) is 0 Å². The number of hydrogen-bond acceptors (Lipinski definition) is 4. The molecule has 1 rings (SSSR count). The van der Waals surface area contributed by atoms with Crippen LogP contribution in [-0.4, -0.2) is 34.7 Å². The van der Waals surface area contributed by atoms with Gasteiger partial charge in [-0.25, -0.2) is 4.79 Å². The van der Waals surface area contributed by atoms with E-state index < -0.39 is 12.1 Å². The fraction of sp³-hybridized carbons (Fsp3) is 0.333. The van der Waals surface area contributed by atoms with Gasteiger partial charge in [0.2, 0.25) is 0 Å². The van der Waals surface area contributed by atoms with Crippen LogP contribution < -0.4 is 5.32 Å². The van der Waals surface area contributed by atoms with Crippen LogP contribution in [-0.2, 0) is 4.79 Å². The molecule has 82 valence electrons. The second-order valence-electron chi connectivity index (χ2n) is 3.03. The monoisotopic (exact) mass is 229 g/mol. The highest BCUT2D eigenvalue weighted by molar-refractivity contribution is 7.08. The third kappa shape index (κ3) is 3.03. The summed E-state index contributed by atoms with van der Waals surface area (Å²) in [5.74, 6) is -1.72. The number of aliphatic hydroxyl groups excluding tert-OH is 1. The Bertz CT molecular complexity index is 374. The highest BCUT2D eigenvalue weighted by Gasteiger charge is 2.15. The molecular weight excluding hydrogens is 218 g/mol. The van der Waals surface area contributed by atoms with Gasteiger partial charge in [-0.3, -0.25) is 4.79 Å². The van der Waals surface area contributed by atoms with Crippen molar-refractivity contribution in [2.75, 3.05) is 6.54 Å². The van der Waals surface area contributed by atoms with E-state index in [2.05, 4.69) is 5.32 Å². The molecule has 0 fully saturated rings. The van der Waals surface area contributed by atoms with E-state index in [9.17, 15) is 9.59 Å². The smallest absolute Gasteiger partial charge is 0.334 e. The number of aliphatic carboxylic acids is 1. The van der Waals surface area contributed by atoms with E-state index in [0.717, 1.165) is 5.56 Å². The molecular formula is C9H11NO4S. The lowest BCUT2D eigenvalue weighted by Crippen LogP contribution is -2.36.